The van der Waals surface area contributed by atoms with E-state index in [0.717, 1.165) is 18.2 Å². The Labute approximate surface area is 123 Å². The van der Waals surface area contributed by atoms with Gasteiger partial charge in [0.05, 0.1) is 13.2 Å². The van der Waals surface area contributed by atoms with Crippen LogP contribution in [0, 0.1) is 5.41 Å². The molecule has 0 aromatic carbocycles. The molecule has 0 rings (SSSR count). The van der Waals surface area contributed by atoms with Crippen molar-refractivity contribution in [3.63, 3.8) is 0 Å². The second-order valence-electron chi connectivity index (χ2n) is 4.16. The van der Waals surface area contributed by atoms with Crippen LogP contribution in [0.5, 0.6) is 0 Å². The fraction of sp³-hybridized carbons (Fsp3) is 0.714. The number of rotatable bonds is 10. The standard InChI is InChI=1S/C14H23BrO4/c1-4-9-14(10-7-8-11-15,12(16)18-5-2)13(17)19-6-3/h4H,1,5-11H2,2-3H3. The first-order valence-corrected chi connectivity index (χ1v) is 7.72. The van der Waals surface area contributed by atoms with Gasteiger partial charge < -0.3 is 9.47 Å². The van der Waals surface area contributed by atoms with E-state index in [0.29, 0.717) is 6.42 Å². The van der Waals surface area contributed by atoms with E-state index in [1.807, 2.05) is 0 Å². The van der Waals surface area contributed by atoms with Crippen LogP contribution in [-0.4, -0.2) is 30.5 Å². The number of carbonyl (C=O) groups excluding carboxylic acids is 2. The molecule has 0 saturated heterocycles. The lowest BCUT2D eigenvalue weighted by Gasteiger charge is -2.28. The van der Waals surface area contributed by atoms with Crippen molar-refractivity contribution < 1.29 is 19.1 Å². The lowest BCUT2D eigenvalue weighted by Crippen LogP contribution is -2.42. The molecule has 0 aliphatic rings. The molecule has 0 saturated carbocycles. The highest BCUT2D eigenvalue weighted by molar-refractivity contribution is 9.09. The van der Waals surface area contributed by atoms with Gasteiger partial charge in [0, 0.05) is 5.33 Å². The van der Waals surface area contributed by atoms with Gasteiger partial charge in [-0.05, 0) is 33.1 Å². The molecule has 0 amide bonds. The van der Waals surface area contributed by atoms with E-state index >= 15 is 0 Å². The van der Waals surface area contributed by atoms with E-state index in [1.165, 1.54) is 0 Å². The van der Waals surface area contributed by atoms with Gasteiger partial charge >= 0.3 is 11.9 Å². The molecule has 4 nitrogen and oxygen atoms in total. The molecule has 0 radical (unpaired) electrons. The zero-order valence-corrected chi connectivity index (χ0v) is 13.3. The summed E-state index contributed by atoms with van der Waals surface area (Å²) in [6.45, 7) is 7.57. The Morgan fingerprint density at radius 1 is 1.16 bits per heavy atom. The highest BCUT2D eigenvalue weighted by Crippen LogP contribution is 2.33. The Kier molecular flexibility index (Phi) is 9.57. The zero-order valence-electron chi connectivity index (χ0n) is 11.7. The minimum atomic E-state index is -1.24. The molecular weight excluding hydrogens is 312 g/mol. The number of ether oxygens (including phenoxy) is 2. The Bertz CT molecular complexity index is 284. The minimum Gasteiger partial charge on any atom is -0.465 e. The lowest BCUT2D eigenvalue weighted by atomic mass is 9.79. The summed E-state index contributed by atoms with van der Waals surface area (Å²) in [5, 5.41) is 0.836. The van der Waals surface area contributed by atoms with Crippen LogP contribution in [0.1, 0.15) is 39.5 Å². The summed E-state index contributed by atoms with van der Waals surface area (Å²) in [6.07, 6.45) is 3.87. The van der Waals surface area contributed by atoms with Crippen molar-refractivity contribution in [2.75, 3.05) is 18.5 Å². The molecule has 0 fully saturated rings. The van der Waals surface area contributed by atoms with Crippen molar-refractivity contribution in [1.82, 2.24) is 0 Å². The lowest BCUT2D eigenvalue weighted by molar-refractivity contribution is -0.172. The maximum absolute atomic E-state index is 12.2. The number of alkyl halides is 1. The van der Waals surface area contributed by atoms with Gasteiger partial charge in [0.15, 0.2) is 5.41 Å². The molecule has 0 aromatic rings. The van der Waals surface area contributed by atoms with E-state index in [9.17, 15) is 9.59 Å². The molecule has 0 aliphatic heterocycles. The third-order valence-electron chi connectivity index (χ3n) is 2.81. The predicted molar refractivity (Wildman–Crippen MR) is 78.2 cm³/mol. The van der Waals surface area contributed by atoms with Crippen LogP contribution in [0.2, 0.25) is 0 Å². The fourth-order valence-electron chi connectivity index (χ4n) is 1.86. The quantitative estimate of drug-likeness (QED) is 0.202. The Hall–Kier alpha value is -0.840. The Morgan fingerprint density at radius 3 is 2.05 bits per heavy atom. The number of carbonyl (C=O) groups is 2. The van der Waals surface area contributed by atoms with Gasteiger partial charge in [0.25, 0.3) is 0 Å². The maximum atomic E-state index is 12.2. The van der Waals surface area contributed by atoms with E-state index in [4.69, 9.17) is 9.47 Å². The van der Waals surface area contributed by atoms with E-state index in [-0.39, 0.29) is 19.6 Å². The van der Waals surface area contributed by atoms with Crippen LogP contribution < -0.4 is 0 Å². The molecule has 0 aliphatic carbocycles. The average Bonchev–Trinajstić information content (AvgIpc) is 2.38. The third kappa shape index (κ3) is 5.35. The van der Waals surface area contributed by atoms with Gasteiger partial charge in [-0.3, -0.25) is 9.59 Å². The molecule has 0 unspecified atom stereocenters. The van der Waals surface area contributed by atoms with Crippen LogP contribution in [0.3, 0.4) is 0 Å². The molecular formula is C14H23BrO4. The van der Waals surface area contributed by atoms with Crippen LogP contribution in [0.15, 0.2) is 12.7 Å². The molecule has 5 heteroatoms. The number of hydrogen-bond acceptors (Lipinski definition) is 4. The van der Waals surface area contributed by atoms with Gasteiger partial charge in [0.2, 0.25) is 0 Å². The normalized spacial score (nSPS) is 10.9. The monoisotopic (exact) mass is 334 g/mol. The first-order valence-electron chi connectivity index (χ1n) is 6.60. The molecule has 0 heterocycles. The van der Waals surface area contributed by atoms with Crippen molar-refractivity contribution in [3.05, 3.63) is 12.7 Å². The van der Waals surface area contributed by atoms with Gasteiger partial charge in [0.1, 0.15) is 0 Å². The Balaban J connectivity index is 5.13. The predicted octanol–water partition coefficient (Wildman–Crippen LogP) is 3.24. The van der Waals surface area contributed by atoms with Crippen LogP contribution >= 0.6 is 15.9 Å². The van der Waals surface area contributed by atoms with Crippen molar-refractivity contribution in [3.8, 4) is 0 Å². The second-order valence-corrected chi connectivity index (χ2v) is 4.95. The van der Waals surface area contributed by atoms with Crippen molar-refractivity contribution in [1.29, 1.82) is 0 Å². The van der Waals surface area contributed by atoms with E-state index < -0.39 is 17.4 Å². The largest absolute Gasteiger partial charge is 0.465 e. The molecule has 0 aromatic heterocycles. The molecule has 0 spiro atoms. The summed E-state index contributed by atoms with van der Waals surface area (Å²) in [7, 11) is 0. The third-order valence-corrected chi connectivity index (χ3v) is 3.37. The molecule has 110 valence electrons. The van der Waals surface area contributed by atoms with E-state index in [2.05, 4.69) is 22.5 Å². The molecule has 0 atom stereocenters. The summed E-state index contributed by atoms with van der Waals surface area (Å²) in [6, 6.07) is 0. The van der Waals surface area contributed by atoms with Crippen LogP contribution in [0.4, 0.5) is 0 Å². The summed E-state index contributed by atoms with van der Waals surface area (Å²) in [5.74, 6) is -1.02. The average molecular weight is 335 g/mol. The fourth-order valence-corrected chi connectivity index (χ4v) is 2.26. The summed E-state index contributed by atoms with van der Waals surface area (Å²) in [4.78, 5) is 24.4. The van der Waals surface area contributed by atoms with Crippen molar-refractivity contribution in [2.24, 2.45) is 5.41 Å². The van der Waals surface area contributed by atoms with Gasteiger partial charge in [-0.25, -0.2) is 0 Å². The van der Waals surface area contributed by atoms with Crippen LogP contribution in [-0.2, 0) is 19.1 Å². The summed E-state index contributed by atoms with van der Waals surface area (Å²) >= 11 is 3.34. The summed E-state index contributed by atoms with van der Waals surface area (Å²) < 4.78 is 10.1. The topological polar surface area (TPSA) is 52.6 Å². The highest BCUT2D eigenvalue weighted by Gasteiger charge is 2.47. The number of esters is 2. The molecule has 0 N–H and O–H groups in total. The zero-order chi connectivity index (χ0) is 14.7. The van der Waals surface area contributed by atoms with Crippen molar-refractivity contribution >= 4 is 27.9 Å². The maximum Gasteiger partial charge on any atom is 0.323 e. The number of unbranched alkanes of at least 4 members (excludes halogenated alkanes) is 1. The molecule has 19 heavy (non-hydrogen) atoms. The first-order chi connectivity index (χ1) is 9.08. The van der Waals surface area contributed by atoms with Gasteiger partial charge in [-0.1, -0.05) is 28.4 Å². The van der Waals surface area contributed by atoms with Gasteiger partial charge in [-0.2, -0.15) is 0 Å². The second kappa shape index (κ2) is 10.0. The van der Waals surface area contributed by atoms with Gasteiger partial charge in [-0.15, -0.1) is 6.58 Å². The number of hydrogen-bond donors (Lipinski definition) is 0. The minimum absolute atomic E-state index is 0.243. The number of allylic oxidation sites excluding steroid dienone is 1. The van der Waals surface area contributed by atoms with Crippen LogP contribution in [0.25, 0.3) is 0 Å². The smallest absolute Gasteiger partial charge is 0.323 e. The number of halogens is 1. The summed E-state index contributed by atoms with van der Waals surface area (Å²) in [5.41, 5.74) is -1.24. The highest BCUT2D eigenvalue weighted by atomic mass is 79.9. The first kappa shape index (κ1) is 18.2. The Morgan fingerprint density at radius 2 is 1.68 bits per heavy atom. The van der Waals surface area contributed by atoms with Crippen molar-refractivity contribution in [2.45, 2.75) is 39.5 Å². The van der Waals surface area contributed by atoms with E-state index in [1.54, 1.807) is 19.9 Å². The molecule has 0 bridgehead atoms. The SMILES string of the molecule is C=CCC(CCCCBr)(C(=O)OCC)C(=O)OCC.